The number of rotatable bonds is 4. The predicted molar refractivity (Wildman–Crippen MR) is 78.7 cm³/mol. The summed E-state index contributed by atoms with van der Waals surface area (Å²) in [4.78, 5) is 2.67. The maximum Gasteiger partial charge on any atom is 0.0220 e. The van der Waals surface area contributed by atoms with Gasteiger partial charge in [-0.25, -0.2) is 0 Å². The third kappa shape index (κ3) is 3.55. The Bertz CT molecular complexity index is 463. The molecule has 2 rings (SSSR count). The van der Waals surface area contributed by atoms with Gasteiger partial charge in [0.2, 0.25) is 0 Å². The van der Waals surface area contributed by atoms with Crippen LogP contribution in [-0.2, 0) is 0 Å². The van der Waals surface area contributed by atoms with Gasteiger partial charge in [-0.2, -0.15) is 0 Å². The van der Waals surface area contributed by atoms with E-state index in [9.17, 15) is 0 Å². The molecule has 0 bridgehead atoms. The molecule has 2 heteroatoms. The molecule has 2 aromatic carbocycles. The van der Waals surface area contributed by atoms with E-state index in [1.54, 1.807) is 0 Å². The van der Waals surface area contributed by atoms with Gasteiger partial charge in [0.25, 0.3) is 0 Å². The van der Waals surface area contributed by atoms with E-state index < -0.39 is 0 Å². The summed E-state index contributed by atoms with van der Waals surface area (Å²) in [5, 5.41) is 0. The molecule has 0 aromatic heterocycles. The predicted octanol–water partition coefficient (Wildman–Crippen LogP) is 5.61. The minimum absolute atomic E-state index is 0.579. The molecule has 0 saturated heterocycles. The van der Waals surface area contributed by atoms with Gasteiger partial charge in [-0.05, 0) is 29.7 Å². The smallest absolute Gasteiger partial charge is 0.0220 e. The fraction of sp³-hybridized carbons (Fsp3) is 0.200. The Morgan fingerprint density at radius 3 is 2.12 bits per heavy atom. The standard InChI is InChI=1S/C15H16S2/c1-12(2)14-10-6-7-11-15(14)17-16-13-8-4-3-5-9-13/h3-12H,1-2H3. The van der Waals surface area contributed by atoms with Gasteiger partial charge < -0.3 is 0 Å². The summed E-state index contributed by atoms with van der Waals surface area (Å²) < 4.78 is 0. The van der Waals surface area contributed by atoms with E-state index in [1.165, 1.54) is 15.4 Å². The highest BCUT2D eigenvalue weighted by molar-refractivity contribution is 8.76. The van der Waals surface area contributed by atoms with Crippen molar-refractivity contribution < 1.29 is 0 Å². The summed E-state index contributed by atoms with van der Waals surface area (Å²) in [6.45, 7) is 4.49. The van der Waals surface area contributed by atoms with Crippen molar-refractivity contribution in [3.63, 3.8) is 0 Å². The highest BCUT2D eigenvalue weighted by atomic mass is 33.1. The second-order valence-corrected chi connectivity index (χ2v) is 6.42. The molecule has 0 saturated carbocycles. The average molecular weight is 260 g/mol. The fourth-order valence-corrected chi connectivity index (χ4v) is 3.94. The Labute approximate surface area is 111 Å². The maximum atomic E-state index is 2.24. The van der Waals surface area contributed by atoms with Crippen LogP contribution in [0.2, 0.25) is 0 Å². The van der Waals surface area contributed by atoms with Crippen LogP contribution in [0.25, 0.3) is 0 Å². The van der Waals surface area contributed by atoms with Crippen LogP contribution in [0.3, 0.4) is 0 Å². The van der Waals surface area contributed by atoms with Crippen molar-refractivity contribution in [1.29, 1.82) is 0 Å². The zero-order valence-corrected chi connectivity index (χ0v) is 11.7. The molecular formula is C15H16S2. The molecule has 0 aliphatic rings. The van der Waals surface area contributed by atoms with Crippen molar-refractivity contribution in [1.82, 2.24) is 0 Å². The Kier molecular flexibility index (Phi) is 4.57. The van der Waals surface area contributed by atoms with Gasteiger partial charge in [0.05, 0.1) is 0 Å². The molecular weight excluding hydrogens is 244 g/mol. The quantitative estimate of drug-likeness (QED) is 0.655. The van der Waals surface area contributed by atoms with Crippen LogP contribution in [0.4, 0.5) is 0 Å². The lowest BCUT2D eigenvalue weighted by molar-refractivity contribution is 0.843. The second kappa shape index (κ2) is 6.18. The summed E-state index contributed by atoms with van der Waals surface area (Å²) in [6.07, 6.45) is 0. The molecule has 0 unspecified atom stereocenters. The van der Waals surface area contributed by atoms with Crippen LogP contribution in [-0.4, -0.2) is 0 Å². The minimum atomic E-state index is 0.579. The Balaban J connectivity index is 2.09. The van der Waals surface area contributed by atoms with Crippen LogP contribution in [0.15, 0.2) is 64.4 Å². The molecule has 0 atom stereocenters. The fourth-order valence-electron chi connectivity index (χ4n) is 1.60. The first-order chi connectivity index (χ1) is 8.27. The van der Waals surface area contributed by atoms with E-state index >= 15 is 0 Å². The largest absolute Gasteiger partial charge is 0.0622 e. The van der Waals surface area contributed by atoms with E-state index in [4.69, 9.17) is 0 Å². The van der Waals surface area contributed by atoms with Crippen LogP contribution < -0.4 is 0 Å². The van der Waals surface area contributed by atoms with Gasteiger partial charge in [-0.3, -0.25) is 0 Å². The first-order valence-corrected chi connectivity index (χ1v) is 7.91. The molecule has 0 aliphatic heterocycles. The van der Waals surface area contributed by atoms with Crippen LogP contribution in [0.5, 0.6) is 0 Å². The van der Waals surface area contributed by atoms with E-state index in [2.05, 4.69) is 68.4 Å². The summed E-state index contributed by atoms with van der Waals surface area (Å²) in [7, 11) is 3.67. The second-order valence-electron chi connectivity index (χ2n) is 4.17. The highest BCUT2D eigenvalue weighted by Crippen LogP contribution is 2.40. The topological polar surface area (TPSA) is 0 Å². The molecule has 0 aliphatic carbocycles. The van der Waals surface area contributed by atoms with Crippen LogP contribution in [0, 0.1) is 0 Å². The molecule has 0 N–H and O–H groups in total. The lowest BCUT2D eigenvalue weighted by Gasteiger charge is -2.11. The molecule has 0 heterocycles. The molecule has 0 spiro atoms. The minimum Gasteiger partial charge on any atom is -0.0622 e. The highest BCUT2D eigenvalue weighted by Gasteiger charge is 2.06. The van der Waals surface area contributed by atoms with Crippen molar-refractivity contribution >= 4 is 21.6 Å². The third-order valence-corrected chi connectivity index (χ3v) is 4.98. The molecule has 0 amide bonds. The van der Waals surface area contributed by atoms with Crippen molar-refractivity contribution in [2.24, 2.45) is 0 Å². The van der Waals surface area contributed by atoms with Gasteiger partial charge in [0.15, 0.2) is 0 Å². The van der Waals surface area contributed by atoms with E-state index in [0.29, 0.717) is 5.92 Å². The van der Waals surface area contributed by atoms with Crippen molar-refractivity contribution in [2.75, 3.05) is 0 Å². The maximum absolute atomic E-state index is 2.24. The number of benzene rings is 2. The summed E-state index contributed by atoms with van der Waals surface area (Å²) >= 11 is 0. The van der Waals surface area contributed by atoms with Crippen LogP contribution >= 0.6 is 21.6 Å². The first-order valence-electron chi connectivity index (χ1n) is 5.76. The van der Waals surface area contributed by atoms with E-state index in [1.807, 2.05) is 21.6 Å². The number of hydrogen-bond acceptors (Lipinski definition) is 2. The van der Waals surface area contributed by atoms with Crippen molar-refractivity contribution in [3.8, 4) is 0 Å². The van der Waals surface area contributed by atoms with Gasteiger partial charge >= 0.3 is 0 Å². The Hall–Kier alpha value is -0.860. The summed E-state index contributed by atoms with van der Waals surface area (Å²) in [5.41, 5.74) is 1.43. The van der Waals surface area contributed by atoms with Crippen LogP contribution in [0.1, 0.15) is 25.3 Å². The van der Waals surface area contributed by atoms with E-state index in [0.717, 1.165) is 0 Å². The first kappa shape index (κ1) is 12.6. The van der Waals surface area contributed by atoms with Crippen molar-refractivity contribution in [3.05, 3.63) is 60.2 Å². The van der Waals surface area contributed by atoms with Gasteiger partial charge in [0, 0.05) is 9.79 Å². The Morgan fingerprint density at radius 1 is 0.765 bits per heavy atom. The van der Waals surface area contributed by atoms with E-state index in [-0.39, 0.29) is 0 Å². The van der Waals surface area contributed by atoms with Gasteiger partial charge in [-0.15, -0.1) is 0 Å². The molecule has 0 radical (unpaired) electrons. The molecule has 0 nitrogen and oxygen atoms in total. The SMILES string of the molecule is CC(C)c1ccccc1SSc1ccccc1. The molecule has 88 valence electrons. The van der Waals surface area contributed by atoms with Crippen molar-refractivity contribution in [2.45, 2.75) is 29.6 Å². The Morgan fingerprint density at radius 2 is 1.41 bits per heavy atom. The number of hydrogen-bond donors (Lipinski definition) is 0. The third-order valence-electron chi connectivity index (χ3n) is 2.51. The average Bonchev–Trinajstić information content (AvgIpc) is 2.38. The molecule has 2 aromatic rings. The molecule has 17 heavy (non-hydrogen) atoms. The molecule has 0 fully saturated rings. The normalized spacial score (nSPS) is 10.8. The summed E-state index contributed by atoms with van der Waals surface area (Å²) in [6, 6.07) is 19.2. The monoisotopic (exact) mass is 260 g/mol. The lowest BCUT2D eigenvalue weighted by atomic mass is 10.0. The van der Waals surface area contributed by atoms with Gasteiger partial charge in [-0.1, -0.05) is 71.8 Å². The zero-order valence-electron chi connectivity index (χ0n) is 10.1. The van der Waals surface area contributed by atoms with Gasteiger partial charge in [0.1, 0.15) is 0 Å². The zero-order chi connectivity index (χ0) is 12.1. The summed E-state index contributed by atoms with van der Waals surface area (Å²) in [5.74, 6) is 0.579. The lowest BCUT2D eigenvalue weighted by Crippen LogP contribution is -1.88.